The molecule has 0 aliphatic heterocycles. The summed E-state index contributed by atoms with van der Waals surface area (Å²) in [6.45, 7) is 2.37. The summed E-state index contributed by atoms with van der Waals surface area (Å²) >= 11 is 5.09. The molecule has 0 saturated carbocycles. The number of nitrogens with zero attached hydrogens (tertiary/aromatic N) is 1. The largest absolute Gasteiger partial charge is 0.389 e. The highest BCUT2D eigenvalue weighted by molar-refractivity contribution is 9.10. The van der Waals surface area contributed by atoms with Crippen molar-refractivity contribution < 1.29 is 9.50 Å². The van der Waals surface area contributed by atoms with Gasteiger partial charge in [-0.2, -0.15) is 0 Å². The van der Waals surface area contributed by atoms with E-state index in [1.54, 1.807) is 24.3 Å². The maximum Gasteiger partial charge on any atom is 0.123 e. The maximum atomic E-state index is 13.3. The predicted molar refractivity (Wildman–Crippen MR) is 81.2 cm³/mol. The van der Waals surface area contributed by atoms with Crippen LogP contribution in [-0.4, -0.2) is 12.2 Å². The Kier molecular flexibility index (Phi) is 4.60. The minimum Gasteiger partial charge on any atom is -0.389 e. The summed E-state index contributed by atoms with van der Waals surface area (Å²) in [5.74, 6) is -0.327. The summed E-state index contributed by atoms with van der Waals surface area (Å²) in [7, 11) is 1.94. The number of aliphatic hydroxyl groups excluding tert-OH is 1. The highest BCUT2D eigenvalue weighted by Crippen LogP contribution is 2.29. The van der Waals surface area contributed by atoms with E-state index in [9.17, 15) is 9.50 Å². The predicted octanol–water partition coefficient (Wildman–Crippen LogP) is 4.34. The number of halogens is 2. The number of thiophene rings is 1. The quantitative estimate of drug-likeness (QED) is 0.892. The fraction of sp³-hybridized carbons (Fsp3) is 0.286. The van der Waals surface area contributed by atoms with Crippen molar-refractivity contribution >= 4 is 33.0 Å². The fourth-order valence-electron chi connectivity index (χ4n) is 1.96. The molecule has 0 amide bonds. The molecule has 0 aliphatic carbocycles. The zero-order chi connectivity index (χ0) is 14.0. The van der Waals surface area contributed by atoms with Gasteiger partial charge in [-0.1, -0.05) is 0 Å². The molecule has 0 saturated heterocycles. The van der Waals surface area contributed by atoms with Gasteiger partial charge in [0.1, 0.15) is 5.82 Å². The van der Waals surface area contributed by atoms with Crippen molar-refractivity contribution in [3.63, 3.8) is 0 Å². The van der Waals surface area contributed by atoms with Gasteiger partial charge in [0.05, 0.1) is 12.6 Å². The Bertz CT molecular complexity index is 570. The third-order valence-electron chi connectivity index (χ3n) is 2.87. The van der Waals surface area contributed by atoms with Crippen LogP contribution in [0.1, 0.15) is 23.5 Å². The van der Waals surface area contributed by atoms with Gasteiger partial charge in [0.25, 0.3) is 0 Å². The second kappa shape index (κ2) is 6.03. The van der Waals surface area contributed by atoms with Gasteiger partial charge >= 0.3 is 0 Å². The molecule has 1 aromatic carbocycles. The number of rotatable bonds is 4. The summed E-state index contributed by atoms with van der Waals surface area (Å²) in [6, 6.07) is 6.58. The van der Waals surface area contributed by atoms with Gasteiger partial charge in [-0.25, -0.2) is 4.39 Å². The van der Waals surface area contributed by atoms with Crippen LogP contribution in [0.4, 0.5) is 10.1 Å². The van der Waals surface area contributed by atoms with Gasteiger partial charge in [-0.05, 0) is 47.1 Å². The average molecular weight is 344 g/mol. The molecule has 1 heterocycles. The number of anilines is 1. The minimum absolute atomic E-state index is 0.327. The van der Waals surface area contributed by atoms with E-state index >= 15 is 0 Å². The summed E-state index contributed by atoms with van der Waals surface area (Å²) in [6.07, 6.45) is -0.691. The normalized spacial score (nSPS) is 12.5. The zero-order valence-corrected chi connectivity index (χ0v) is 13.1. The van der Waals surface area contributed by atoms with Crippen molar-refractivity contribution in [3.05, 3.63) is 50.4 Å². The van der Waals surface area contributed by atoms with Crippen LogP contribution >= 0.6 is 27.3 Å². The fourth-order valence-corrected chi connectivity index (χ4v) is 3.47. The lowest BCUT2D eigenvalue weighted by Crippen LogP contribution is -2.18. The van der Waals surface area contributed by atoms with E-state index in [1.165, 1.54) is 17.0 Å². The van der Waals surface area contributed by atoms with E-state index in [0.717, 1.165) is 16.7 Å². The van der Waals surface area contributed by atoms with E-state index < -0.39 is 6.10 Å². The molecule has 1 atom stereocenters. The van der Waals surface area contributed by atoms with Crippen LogP contribution < -0.4 is 4.90 Å². The Morgan fingerprint density at radius 3 is 2.74 bits per heavy atom. The summed E-state index contributed by atoms with van der Waals surface area (Å²) < 4.78 is 14.3. The first-order valence-electron chi connectivity index (χ1n) is 5.89. The van der Waals surface area contributed by atoms with E-state index in [1.807, 2.05) is 17.3 Å². The van der Waals surface area contributed by atoms with Crippen LogP contribution in [0, 0.1) is 5.82 Å². The van der Waals surface area contributed by atoms with Gasteiger partial charge in [-0.15, -0.1) is 11.3 Å². The van der Waals surface area contributed by atoms with Gasteiger partial charge in [0.2, 0.25) is 0 Å². The Balaban J connectivity index is 2.25. The summed E-state index contributed by atoms with van der Waals surface area (Å²) in [4.78, 5) is 3.22. The Labute approximate surface area is 124 Å². The Morgan fingerprint density at radius 1 is 1.42 bits per heavy atom. The highest BCUT2D eigenvalue weighted by Gasteiger charge is 2.13. The van der Waals surface area contributed by atoms with Crippen molar-refractivity contribution in [1.82, 2.24) is 0 Å². The molecule has 2 rings (SSSR count). The van der Waals surface area contributed by atoms with Crippen molar-refractivity contribution in [2.45, 2.75) is 19.6 Å². The van der Waals surface area contributed by atoms with Crippen LogP contribution in [-0.2, 0) is 6.54 Å². The molecule has 2 nitrogen and oxygen atoms in total. The number of benzene rings is 1. The molecule has 0 bridgehead atoms. The van der Waals surface area contributed by atoms with Gasteiger partial charge in [0.15, 0.2) is 0 Å². The molecule has 0 radical (unpaired) electrons. The lowest BCUT2D eigenvalue weighted by molar-refractivity contribution is 0.199. The second-order valence-electron chi connectivity index (χ2n) is 4.47. The first-order valence-corrected chi connectivity index (χ1v) is 7.56. The first kappa shape index (κ1) is 14.5. The van der Waals surface area contributed by atoms with Gasteiger partial charge < -0.3 is 10.0 Å². The number of aliphatic hydroxyl groups is 1. The van der Waals surface area contributed by atoms with Crippen LogP contribution in [0.3, 0.4) is 0 Å². The smallest absolute Gasteiger partial charge is 0.123 e. The zero-order valence-electron chi connectivity index (χ0n) is 10.7. The minimum atomic E-state index is -0.691. The topological polar surface area (TPSA) is 23.5 Å². The average Bonchev–Trinajstić information content (AvgIpc) is 2.74. The monoisotopic (exact) mass is 343 g/mol. The summed E-state index contributed by atoms with van der Waals surface area (Å²) in [5, 5.41) is 11.8. The third kappa shape index (κ3) is 3.55. The van der Waals surface area contributed by atoms with Crippen LogP contribution in [0.15, 0.2) is 34.1 Å². The van der Waals surface area contributed by atoms with Gasteiger partial charge in [0, 0.05) is 33.0 Å². The number of hydrogen-bond donors (Lipinski definition) is 1. The standard InChI is InChI=1S/C14H15BrFNOS/c1-9(18)13-6-11(16)3-4-14(13)17(2)7-12-5-10(15)8-19-12/h3-6,8-9,18H,7H2,1-2H3. The van der Waals surface area contributed by atoms with E-state index in [0.29, 0.717) is 5.56 Å². The molecule has 0 aliphatic rings. The van der Waals surface area contributed by atoms with Gasteiger partial charge in [-0.3, -0.25) is 0 Å². The Morgan fingerprint density at radius 2 is 2.16 bits per heavy atom. The maximum absolute atomic E-state index is 13.3. The van der Waals surface area contributed by atoms with Crippen molar-refractivity contribution in [3.8, 4) is 0 Å². The molecule has 0 spiro atoms. The van der Waals surface area contributed by atoms with Crippen molar-refractivity contribution in [2.24, 2.45) is 0 Å². The summed E-state index contributed by atoms with van der Waals surface area (Å²) in [5.41, 5.74) is 1.46. The highest BCUT2D eigenvalue weighted by atomic mass is 79.9. The van der Waals surface area contributed by atoms with Crippen LogP contribution in [0.25, 0.3) is 0 Å². The SMILES string of the molecule is CC(O)c1cc(F)ccc1N(C)Cc1cc(Br)cs1. The molecule has 1 aromatic heterocycles. The molecule has 5 heteroatoms. The van der Waals surface area contributed by atoms with Crippen molar-refractivity contribution in [2.75, 3.05) is 11.9 Å². The van der Waals surface area contributed by atoms with E-state index in [-0.39, 0.29) is 5.82 Å². The molecule has 102 valence electrons. The molecule has 1 N–H and O–H groups in total. The molecule has 2 aromatic rings. The lowest BCUT2D eigenvalue weighted by atomic mass is 10.1. The molecular formula is C14H15BrFNOS. The first-order chi connectivity index (χ1) is 8.97. The third-order valence-corrected chi connectivity index (χ3v) is 4.55. The number of hydrogen-bond acceptors (Lipinski definition) is 3. The second-order valence-corrected chi connectivity index (χ2v) is 6.38. The molecule has 19 heavy (non-hydrogen) atoms. The van der Waals surface area contributed by atoms with E-state index in [4.69, 9.17) is 0 Å². The van der Waals surface area contributed by atoms with Crippen LogP contribution in [0.5, 0.6) is 0 Å². The molecule has 0 fully saturated rings. The van der Waals surface area contributed by atoms with Crippen LogP contribution in [0.2, 0.25) is 0 Å². The van der Waals surface area contributed by atoms with Crippen molar-refractivity contribution in [1.29, 1.82) is 0 Å². The lowest BCUT2D eigenvalue weighted by Gasteiger charge is -2.23. The molecule has 1 unspecified atom stereocenters. The Hall–Kier alpha value is -0.910. The molecular weight excluding hydrogens is 329 g/mol. The van der Waals surface area contributed by atoms with E-state index in [2.05, 4.69) is 22.0 Å².